The van der Waals surface area contributed by atoms with E-state index >= 15 is 0 Å². The number of nitro groups is 1. The van der Waals surface area contributed by atoms with E-state index in [0.717, 1.165) is 32.0 Å². The van der Waals surface area contributed by atoms with Crippen molar-refractivity contribution in [3.8, 4) is 5.88 Å². The van der Waals surface area contributed by atoms with Gasteiger partial charge in [-0.3, -0.25) is 15.0 Å². The van der Waals surface area contributed by atoms with Crippen LogP contribution in [0.3, 0.4) is 0 Å². The van der Waals surface area contributed by atoms with Crippen LogP contribution in [-0.4, -0.2) is 78.2 Å². The van der Waals surface area contributed by atoms with E-state index in [-0.39, 0.29) is 17.7 Å². The van der Waals surface area contributed by atoms with Crippen LogP contribution in [0, 0.1) is 10.1 Å². The molecular formula is C18H29N5O3. The summed E-state index contributed by atoms with van der Waals surface area (Å²) in [4.78, 5) is 22.4. The zero-order valence-electron chi connectivity index (χ0n) is 15.9. The van der Waals surface area contributed by atoms with Gasteiger partial charge < -0.3 is 14.5 Å². The highest BCUT2D eigenvalue weighted by molar-refractivity contribution is 5.50. The number of piperidine rings is 1. The molecule has 144 valence electrons. The third-order valence-electron chi connectivity index (χ3n) is 5.21. The molecule has 0 N–H and O–H groups in total. The van der Waals surface area contributed by atoms with Crippen molar-refractivity contribution in [2.45, 2.75) is 38.8 Å². The first-order valence-electron chi connectivity index (χ1n) is 9.43. The van der Waals surface area contributed by atoms with Gasteiger partial charge in [-0.15, -0.1) is 0 Å². The Morgan fingerprint density at radius 3 is 2.38 bits per heavy atom. The summed E-state index contributed by atoms with van der Waals surface area (Å²) in [6, 6.07) is 3.91. The van der Waals surface area contributed by atoms with Crippen LogP contribution >= 0.6 is 0 Å². The largest absolute Gasteiger partial charge is 0.470 e. The zero-order valence-corrected chi connectivity index (χ0v) is 15.9. The van der Waals surface area contributed by atoms with Gasteiger partial charge in [0.2, 0.25) is 0 Å². The first-order valence-corrected chi connectivity index (χ1v) is 9.43. The van der Waals surface area contributed by atoms with Crippen molar-refractivity contribution >= 4 is 11.5 Å². The molecule has 2 aliphatic heterocycles. The molecule has 1 aromatic rings. The normalized spacial score (nSPS) is 20.5. The summed E-state index contributed by atoms with van der Waals surface area (Å²) in [5.41, 5.74) is -0.0765. The van der Waals surface area contributed by atoms with Gasteiger partial charge in [-0.2, -0.15) is 4.98 Å². The molecule has 0 atom stereocenters. The minimum absolute atomic E-state index is 0.0765. The van der Waals surface area contributed by atoms with Gasteiger partial charge in [-0.05, 0) is 52.9 Å². The third kappa shape index (κ3) is 4.42. The molecule has 0 aliphatic carbocycles. The standard InChI is InChI=1S/C18H29N5O3/c1-14(2)26-18-16(23(24)25)4-5-17(19-18)22-12-10-21(11-13-22)15-6-8-20(3)9-7-15/h4-5,14-15H,6-13H2,1-3H3. The van der Waals surface area contributed by atoms with Crippen LogP contribution in [0.1, 0.15) is 26.7 Å². The molecule has 26 heavy (non-hydrogen) atoms. The van der Waals surface area contributed by atoms with Gasteiger partial charge in [-0.1, -0.05) is 0 Å². The Hall–Kier alpha value is -1.93. The molecule has 0 unspecified atom stereocenters. The van der Waals surface area contributed by atoms with Crippen LogP contribution in [0.5, 0.6) is 5.88 Å². The Morgan fingerprint density at radius 2 is 1.81 bits per heavy atom. The lowest BCUT2D eigenvalue weighted by Crippen LogP contribution is -2.53. The fraction of sp³-hybridized carbons (Fsp3) is 0.722. The molecule has 0 saturated carbocycles. The second-order valence-corrected chi connectivity index (χ2v) is 7.47. The molecular weight excluding hydrogens is 334 g/mol. The average Bonchev–Trinajstić information content (AvgIpc) is 2.62. The summed E-state index contributed by atoms with van der Waals surface area (Å²) < 4.78 is 5.57. The van der Waals surface area contributed by atoms with Gasteiger partial charge >= 0.3 is 5.69 Å². The van der Waals surface area contributed by atoms with E-state index in [9.17, 15) is 10.1 Å². The molecule has 0 radical (unpaired) electrons. The number of piperazine rings is 1. The van der Waals surface area contributed by atoms with Gasteiger partial charge in [0.05, 0.1) is 11.0 Å². The Morgan fingerprint density at radius 1 is 1.15 bits per heavy atom. The monoisotopic (exact) mass is 363 g/mol. The maximum absolute atomic E-state index is 11.2. The number of anilines is 1. The highest BCUT2D eigenvalue weighted by Crippen LogP contribution is 2.29. The van der Waals surface area contributed by atoms with Gasteiger partial charge in [0.25, 0.3) is 5.88 Å². The molecule has 0 amide bonds. The molecule has 2 aliphatic rings. The van der Waals surface area contributed by atoms with Crippen molar-refractivity contribution in [3.63, 3.8) is 0 Å². The predicted octanol–water partition coefficient (Wildman–Crippen LogP) is 1.99. The topological polar surface area (TPSA) is 75.0 Å². The summed E-state index contributed by atoms with van der Waals surface area (Å²) in [5.74, 6) is 0.870. The van der Waals surface area contributed by atoms with E-state index in [4.69, 9.17) is 4.74 Å². The smallest absolute Gasteiger partial charge is 0.331 e. The van der Waals surface area contributed by atoms with Gasteiger partial charge in [0.1, 0.15) is 5.82 Å². The quantitative estimate of drug-likeness (QED) is 0.585. The molecule has 1 aromatic heterocycles. The molecule has 2 saturated heterocycles. The highest BCUT2D eigenvalue weighted by atomic mass is 16.6. The van der Waals surface area contributed by atoms with E-state index in [1.807, 2.05) is 13.8 Å². The Bertz CT molecular complexity index is 623. The van der Waals surface area contributed by atoms with E-state index in [1.165, 1.54) is 32.0 Å². The van der Waals surface area contributed by atoms with E-state index in [1.54, 1.807) is 6.07 Å². The summed E-state index contributed by atoms with van der Waals surface area (Å²) in [5, 5.41) is 11.2. The second kappa shape index (κ2) is 8.18. The third-order valence-corrected chi connectivity index (χ3v) is 5.21. The summed E-state index contributed by atoms with van der Waals surface area (Å²) in [6.07, 6.45) is 2.31. The average molecular weight is 363 g/mol. The molecule has 2 fully saturated rings. The molecule has 0 spiro atoms. The molecule has 8 heteroatoms. The van der Waals surface area contributed by atoms with Crippen molar-refractivity contribution in [2.24, 2.45) is 0 Å². The lowest BCUT2D eigenvalue weighted by molar-refractivity contribution is -0.386. The van der Waals surface area contributed by atoms with Crippen LogP contribution in [0.4, 0.5) is 11.5 Å². The Balaban J connectivity index is 1.64. The Labute approximate surface area is 154 Å². The number of nitrogens with zero attached hydrogens (tertiary/aromatic N) is 5. The van der Waals surface area contributed by atoms with Crippen molar-refractivity contribution in [3.05, 3.63) is 22.2 Å². The van der Waals surface area contributed by atoms with E-state index in [2.05, 4.69) is 26.7 Å². The van der Waals surface area contributed by atoms with Crippen LogP contribution in [0.15, 0.2) is 12.1 Å². The fourth-order valence-corrected chi connectivity index (χ4v) is 3.72. The summed E-state index contributed by atoms with van der Waals surface area (Å²) in [7, 11) is 2.19. The van der Waals surface area contributed by atoms with E-state index in [0.29, 0.717) is 6.04 Å². The van der Waals surface area contributed by atoms with Crippen molar-refractivity contribution in [1.29, 1.82) is 0 Å². The molecule has 3 heterocycles. The lowest BCUT2D eigenvalue weighted by atomic mass is 10.0. The van der Waals surface area contributed by atoms with Gasteiger partial charge in [-0.25, -0.2) is 0 Å². The number of hydrogen-bond donors (Lipinski definition) is 0. The maximum atomic E-state index is 11.2. The first kappa shape index (κ1) is 18.8. The van der Waals surface area contributed by atoms with Gasteiger partial charge in [0.15, 0.2) is 0 Å². The predicted molar refractivity (Wildman–Crippen MR) is 101 cm³/mol. The second-order valence-electron chi connectivity index (χ2n) is 7.47. The summed E-state index contributed by atoms with van der Waals surface area (Å²) in [6.45, 7) is 9.82. The van der Waals surface area contributed by atoms with Crippen LogP contribution < -0.4 is 9.64 Å². The minimum Gasteiger partial charge on any atom is -0.470 e. The first-order chi connectivity index (χ1) is 12.4. The van der Waals surface area contributed by atoms with E-state index < -0.39 is 4.92 Å². The van der Waals surface area contributed by atoms with Crippen LogP contribution in [-0.2, 0) is 0 Å². The molecule has 8 nitrogen and oxygen atoms in total. The lowest BCUT2D eigenvalue weighted by Gasteiger charge is -2.42. The Kier molecular flexibility index (Phi) is 5.93. The maximum Gasteiger partial charge on any atom is 0.331 e. The number of ether oxygens (including phenoxy) is 1. The van der Waals surface area contributed by atoms with Crippen LogP contribution in [0.25, 0.3) is 0 Å². The number of aromatic nitrogens is 1. The van der Waals surface area contributed by atoms with Crippen molar-refractivity contribution < 1.29 is 9.66 Å². The van der Waals surface area contributed by atoms with Crippen LogP contribution in [0.2, 0.25) is 0 Å². The zero-order chi connectivity index (χ0) is 18.7. The number of rotatable bonds is 5. The molecule has 0 aromatic carbocycles. The van der Waals surface area contributed by atoms with Gasteiger partial charge in [0, 0.05) is 38.3 Å². The molecule has 0 bridgehead atoms. The fourth-order valence-electron chi connectivity index (χ4n) is 3.72. The summed E-state index contributed by atoms with van der Waals surface area (Å²) >= 11 is 0. The van der Waals surface area contributed by atoms with Crippen molar-refractivity contribution in [2.75, 3.05) is 51.2 Å². The number of pyridine rings is 1. The van der Waals surface area contributed by atoms with Crippen molar-refractivity contribution in [1.82, 2.24) is 14.8 Å². The number of likely N-dealkylation sites (tertiary alicyclic amines) is 1. The number of hydrogen-bond acceptors (Lipinski definition) is 7. The minimum atomic E-state index is -0.438. The SMILES string of the molecule is CC(C)Oc1nc(N2CCN(C3CCN(C)CC3)CC2)ccc1[N+](=O)[O-]. The highest BCUT2D eigenvalue weighted by Gasteiger charge is 2.28. The molecule has 3 rings (SSSR count).